The third-order valence-electron chi connectivity index (χ3n) is 2.41. The van der Waals surface area contributed by atoms with Crippen molar-refractivity contribution in [2.75, 3.05) is 18.0 Å². The summed E-state index contributed by atoms with van der Waals surface area (Å²) in [6.07, 6.45) is 0.393. The van der Waals surface area contributed by atoms with Crippen LogP contribution in [0.2, 0.25) is 0 Å². The molecular formula is C10H15N3O2. The Kier molecular flexibility index (Phi) is 2.73. The molecule has 5 nitrogen and oxygen atoms in total. The molecule has 0 aromatic carbocycles. The van der Waals surface area contributed by atoms with Crippen molar-refractivity contribution in [3.63, 3.8) is 0 Å². The van der Waals surface area contributed by atoms with E-state index >= 15 is 0 Å². The standard InChI is InChI=1S/C10H15N3O2/c1-7-5-13(6-8(2)15-7)9-3-4-10(14)12-11-9/h3-4,7-8H,5-6H2,1-2H3,(H,12,14). The molecular weight excluding hydrogens is 194 g/mol. The minimum atomic E-state index is -0.173. The van der Waals surface area contributed by atoms with E-state index in [2.05, 4.69) is 15.1 Å². The highest BCUT2D eigenvalue weighted by Crippen LogP contribution is 2.16. The van der Waals surface area contributed by atoms with Gasteiger partial charge in [-0.05, 0) is 19.9 Å². The summed E-state index contributed by atoms with van der Waals surface area (Å²) in [6, 6.07) is 3.23. The van der Waals surface area contributed by atoms with Crippen LogP contribution in [0.25, 0.3) is 0 Å². The van der Waals surface area contributed by atoms with E-state index in [9.17, 15) is 4.79 Å². The van der Waals surface area contributed by atoms with Gasteiger partial charge in [-0.15, -0.1) is 0 Å². The quantitative estimate of drug-likeness (QED) is 0.726. The number of rotatable bonds is 1. The molecule has 1 aromatic heterocycles. The molecule has 2 heterocycles. The van der Waals surface area contributed by atoms with Crippen LogP contribution in [0.5, 0.6) is 0 Å². The van der Waals surface area contributed by atoms with Gasteiger partial charge in [-0.25, -0.2) is 5.10 Å². The maximum Gasteiger partial charge on any atom is 0.264 e. The fourth-order valence-corrected chi connectivity index (χ4v) is 1.88. The van der Waals surface area contributed by atoms with E-state index in [0.29, 0.717) is 0 Å². The lowest BCUT2D eigenvalue weighted by molar-refractivity contribution is -0.00550. The Morgan fingerprint density at radius 3 is 2.60 bits per heavy atom. The van der Waals surface area contributed by atoms with E-state index in [4.69, 9.17) is 4.74 Å². The molecule has 0 aliphatic carbocycles. The molecule has 1 fully saturated rings. The van der Waals surface area contributed by atoms with Crippen LogP contribution in [-0.2, 0) is 4.74 Å². The molecule has 2 unspecified atom stereocenters. The van der Waals surface area contributed by atoms with E-state index < -0.39 is 0 Å². The second-order valence-corrected chi connectivity index (χ2v) is 3.94. The molecule has 0 amide bonds. The summed E-state index contributed by atoms with van der Waals surface area (Å²) in [7, 11) is 0. The molecule has 0 bridgehead atoms. The summed E-state index contributed by atoms with van der Waals surface area (Å²) in [5.41, 5.74) is -0.173. The molecule has 2 atom stereocenters. The summed E-state index contributed by atoms with van der Waals surface area (Å²) in [4.78, 5) is 13.0. The van der Waals surface area contributed by atoms with E-state index in [1.54, 1.807) is 6.07 Å². The second kappa shape index (κ2) is 4.02. The SMILES string of the molecule is CC1CN(c2ccc(=O)[nH]n2)CC(C)O1. The smallest absolute Gasteiger partial charge is 0.264 e. The molecule has 1 aliphatic rings. The van der Waals surface area contributed by atoms with Gasteiger partial charge < -0.3 is 9.64 Å². The van der Waals surface area contributed by atoms with Gasteiger partial charge in [0.1, 0.15) is 5.82 Å². The van der Waals surface area contributed by atoms with Gasteiger partial charge in [-0.3, -0.25) is 4.79 Å². The highest BCUT2D eigenvalue weighted by molar-refractivity contribution is 5.37. The van der Waals surface area contributed by atoms with Crippen LogP contribution >= 0.6 is 0 Å². The van der Waals surface area contributed by atoms with Crippen LogP contribution in [0.15, 0.2) is 16.9 Å². The van der Waals surface area contributed by atoms with Gasteiger partial charge >= 0.3 is 0 Å². The van der Waals surface area contributed by atoms with Gasteiger partial charge in [0.25, 0.3) is 5.56 Å². The topological polar surface area (TPSA) is 58.2 Å². The predicted octanol–water partition coefficient (Wildman–Crippen LogP) is 0.383. The lowest BCUT2D eigenvalue weighted by atomic mass is 10.2. The third kappa shape index (κ3) is 2.36. The number of hydrogen-bond donors (Lipinski definition) is 1. The van der Waals surface area contributed by atoms with Crippen LogP contribution < -0.4 is 10.5 Å². The first-order valence-corrected chi connectivity index (χ1v) is 5.11. The minimum absolute atomic E-state index is 0.173. The molecule has 0 spiro atoms. The monoisotopic (exact) mass is 209 g/mol. The lowest BCUT2D eigenvalue weighted by Gasteiger charge is -2.35. The van der Waals surface area contributed by atoms with Gasteiger partial charge in [-0.2, -0.15) is 5.10 Å². The molecule has 0 radical (unpaired) electrons. The fourth-order valence-electron chi connectivity index (χ4n) is 1.88. The minimum Gasteiger partial charge on any atom is -0.372 e. The van der Waals surface area contributed by atoms with Crippen molar-refractivity contribution in [3.8, 4) is 0 Å². The first kappa shape index (κ1) is 10.2. The maximum absolute atomic E-state index is 10.9. The van der Waals surface area contributed by atoms with Crippen molar-refractivity contribution in [1.82, 2.24) is 10.2 Å². The lowest BCUT2D eigenvalue weighted by Crippen LogP contribution is -2.46. The molecule has 1 aromatic rings. The van der Waals surface area contributed by atoms with Crippen molar-refractivity contribution in [1.29, 1.82) is 0 Å². The van der Waals surface area contributed by atoms with E-state index in [0.717, 1.165) is 18.9 Å². The molecule has 1 N–H and O–H groups in total. The van der Waals surface area contributed by atoms with Crippen LogP contribution in [-0.4, -0.2) is 35.5 Å². The molecule has 0 saturated carbocycles. The Bertz CT molecular complexity index is 360. The zero-order valence-corrected chi connectivity index (χ0v) is 8.93. The number of aromatic nitrogens is 2. The summed E-state index contributed by atoms with van der Waals surface area (Å²) in [5, 5.41) is 6.44. The van der Waals surface area contributed by atoms with Crippen molar-refractivity contribution in [2.45, 2.75) is 26.1 Å². The van der Waals surface area contributed by atoms with Gasteiger partial charge in [0.2, 0.25) is 0 Å². The highest BCUT2D eigenvalue weighted by atomic mass is 16.5. The van der Waals surface area contributed by atoms with Crippen LogP contribution in [0.4, 0.5) is 5.82 Å². The third-order valence-corrected chi connectivity index (χ3v) is 2.41. The zero-order chi connectivity index (χ0) is 10.8. The van der Waals surface area contributed by atoms with Crippen molar-refractivity contribution in [2.24, 2.45) is 0 Å². The number of hydrogen-bond acceptors (Lipinski definition) is 4. The first-order chi connectivity index (χ1) is 7.15. The Balaban J connectivity index is 2.16. The van der Waals surface area contributed by atoms with Crippen LogP contribution in [0.1, 0.15) is 13.8 Å². The summed E-state index contributed by atoms with van der Waals surface area (Å²) >= 11 is 0. The number of nitrogens with zero attached hydrogens (tertiary/aromatic N) is 2. The average Bonchev–Trinajstić information content (AvgIpc) is 2.17. The first-order valence-electron chi connectivity index (χ1n) is 5.11. The molecule has 5 heteroatoms. The Hall–Kier alpha value is -1.36. The molecule has 82 valence electrons. The van der Waals surface area contributed by atoms with E-state index in [1.807, 2.05) is 13.8 Å². The van der Waals surface area contributed by atoms with Crippen molar-refractivity contribution < 1.29 is 4.74 Å². The van der Waals surface area contributed by atoms with E-state index in [-0.39, 0.29) is 17.8 Å². The number of ether oxygens (including phenoxy) is 1. The Labute approximate surface area is 88.1 Å². The largest absolute Gasteiger partial charge is 0.372 e. The second-order valence-electron chi connectivity index (χ2n) is 3.94. The molecule has 1 aliphatic heterocycles. The van der Waals surface area contributed by atoms with Gasteiger partial charge in [-0.1, -0.05) is 0 Å². The number of aromatic amines is 1. The van der Waals surface area contributed by atoms with Gasteiger partial charge in [0, 0.05) is 19.2 Å². The number of nitrogens with one attached hydrogen (secondary N) is 1. The fraction of sp³-hybridized carbons (Fsp3) is 0.600. The normalized spacial score (nSPS) is 26.7. The van der Waals surface area contributed by atoms with Gasteiger partial charge in [0.15, 0.2) is 0 Å². The highest BCUT2D eigenvalue weighted by Gasteiger charge is 2.22. The number of H-pyrrole nitrogens is 1. The van der Waals surface area contributed by atoms with Gasteiger partial charge in [0.05, 0.1) is 12.2 Å². The summed E-state index contributed by atoms with van der Waals surface area (Å²) in [6.45, 7) is 5.69. The van der Waals surface area contributed by atoms with Crippen LogP contribution in [0.3, 0.4) is 0 Å². The van der Waals surface area contributed by atoms with Crippen molar-refractivity contribution in [3.05, 3.63) is 22.5 Å². The van der Waals surface area contributed by atoms with Crippen molar-refractivity contribution >= 4 is 5.82 Å². The Morgan fingerprint density at radius 2 is 2.07 bits per heavy atom. The molecule has 2 rings (SSSR count). The molecule has 15 heavy (non-hydrogen) atoms. The predicted molar refractivity (Wildman–Crippen MR) is 57.1 cm³/mol. The zero-order valence-electron chi connectivity index (χ0n) is 8.93. The summed E-state index contributed by atoms with van der Waals surface area (Å²) < 4.78 is 5.62. The number of anilines is 1. The maximum atomic E-state index is 10.9. The van der Waals surface area contributed by atoms with Crippen LogP contribution in [0, 0.1) is 0 Å². The van der Waals surface area contributed by atoms with E-state index in [1.165, 1.54) is 6.07 Å². The number of morpholine rings is 1. The molecule has 1 saturated heterocycles. The average molecular weight is 209 g/mol. The summed E-state index contributed by atoms with van der Waals surface area (Å²) in [5.74, 6) is 0.802. The Morgan fingerprint density at radius 1 is 1.40 bits per heavy atom.